The van der Waals surface area contributed by atoms with Gasteiger partial charge in [-0.1, -0.05) is 0 Å². The molecule has 40 heavy (non-hydrogen) atoms. The lowest BCUT2D eigenvalue weighted by Crippen LogP contribution is -2.79. The molecular weight excluding hydrogens is 550 g/mol. The van der Waals surface area contributed by atoms with E-state index in [0.29, 0.717) is 19.3 Å². The first-order chi connectivity index (χ1) is 18.7. The number of nitrogens with one attached hydrogen (secondary N) is 1. The molecule has 1 aromatic heterocycles. The van der Waals surface area contributed by atoms with Crippen LogP contribution in [-0.4, -0.2) is 68.8 Å². The van der Waals surface area contributed by atoms with Crippen molar-refractivity contribution in [2.45, 2.75) is 74.0 Å². The van der Waals surface area contributed by atoms with E-state index in [4.69, 9.17) is 4.74 Å². The summed E-state index contributed by atoms with van der Waals surface area (Å²) in [6, 6.07) is 2.75. The highest BCUT2D eigenvalue weighted by Gasteiger charge is 2.70. The van der Waals surface area contributed by atoms with Crippen LogP contribution in [0, 0.1) is 0 Å². The molecule has 0 spiro atoms. The maximum absolute atomic E-state index is 13.0. The quantitative estimate of drug-likeness (QED) is 0.532. The van der Waals surface area contributed by atoms with Crippen molar-refractivity contribution in [2.24, 2.45) is 0 Å². The first-order valence-corrected chi connectivity index (χ1v) is 12.6. The van der Waals surface area contributed by atoms with E-state index in [1.807, 2.05) is 0 Å². The molecule has 216 valence electrons. The van der Waals surface area contributed by atoms with Crippen LogP contribution >= 0.6 is 0 Å². The minimum atomic E-state index is -4.77. The van der Waals surface area contributed by atoms with Crippen LogP contribution in [0.3, 0.4) is 0 Å². The van der Waals surface area contributed by atoms with E-state index in [9.17, 15) is 41.0 Å². The third kappa shape index (κ3) is 4.68. The van der Waals surface area contributed by atoms with Gasteiger partial charge in [0.05, 0.1) is 35.1 Å². The van der Waals surface area contributed by atoms with Gasteiger partial charge in [-0.05, 0) is 43.9 Å². The number of alkyl halides is 6. The van der Waals surface area contributed by atoms with Gasteiger partial charge in [0.15, 0.2) is 6.10 Å². The number of fused-ring (bicyclic) bond motifs is 1. The maximum Gasteiger partial charge on any atom is 0.522 e. The van der Waals surface area contributed by atoms with E-state index < -0.39 is 59.3 Å². The first-order valence-electron chi connectivity index (χ1n) is 12.6. The summed E-state index contributed by atoms with van der Waals surface area (Å²) in [5.74, 6) is -0.910. The predicted octanol–water partition coefficient (Wildman–Crippen LogP) is 3.29. The summed E-state index contributed by atoms with van der Waals surface area (Å²) in [5.41, 5.74) is -1.64. The minimum absolute atomic E-state index is 0.0176. The summed E-state index contributed by atoms with van der Waals surface area (Å²) >= 11 is 0. The smallest absolute Gasteiger partial charge is 0.480 e. The number of carbonyl (C=O) groups is 2. The Kier molecular flexibility index (Phi) is 5.93. The topological polar surface area (TPSA) is 106 Å². The number of ether oxygens (including phenoxy) is 2. The second-order valence-corrected chi connectivity index (χ2v) is 11.0. The van der Waals surface area contributed by atoms with Gasteiger partial charge in [0.1, 0.15) is 5.75 Å². The zero-order valence-electron chi connectivity index (χ0n) is 20.8. The number of aliphatic hydroxyl groups excluding tert-OH is 1. The predicted molar refractivity (Wildman–Crippen MR) is 122 cm³/mol. The van der Waals surface area contributed by atoms with E-state index in [0.717, 1.165) is 18.2 Å². The van der Waals surface area contributed by atoms with Crippen molar-refractivity contribution in [1.82, 2.24) is 20.0 Å². The molecule has 0 radical (unpaired) electrons. The van der Waals surface area contributed by atoms with Crippen molar-refractivity contribution in [3.63, 3.8) is 0 Å². The zero-order chi connectivity index (χ0) is 28.7. The molecule has 1 aromatic carbocycles. The summed E-state index contributed by atoms with van der Waals surface area (Å²) in [6.45, 7) is -0.0351. The Morgan fingerprint density at radius 1 is 1.15 bits per heavy atom. The molecule has 2 amide bonds. The normalized spacial score (nSPS) is 31.1. The number of hydrogen-bond acceptors (Lipinski definition) is 6. The van der Waals surface area contributed by atoms with Crippen molar-refractivity contribution in [3.8, 4) is 5.75 Å². The van der Waals surface area contributed by atoms with Crippen molar-refractivity contribution in [3.05, 3.63) is 47.3 Å². The number of rotatable bonds is 5. The minimum Gasteiger partial charge on any atom is -0.480 e. The van der Waals surface area contributed by atoms with E-state index in [1.54, 1.807) is 10.9 Å². The highest BCUT2D eigenvalue weighted by Crippen LogP contribution is 2.65. The summed E-state index contributed by atoms with van der Waals surface area (Å²) in [7, 11) is 0. The lowest BCUT2D eigenvalue weighted by atomic mass is 9.44. The monoisotopic (exact) mass is 574 g/mol. The van der Waals surface area contributed by atoms with Crippen LogP contribution in [0.1, 0.15) is 59.7 Å². The number of aliphatic hydroxyl groups is 1. The number of benzene rings is 1. The molecule has 3 saturated carbocycles. The van der Waals surface area contributed by atoms with E-state index in [2.05, 4.69) is 15.2 Å². The fourth-order valence-electron chi connectivity index (χ4n) is 6.31. The number of amides is 2. The van der Waals surface area contributed by atoms with Gasteiger partial charge in [-0.25, -0.2) is 0 Å². The van der Waals surface area contributed by atoms with Gasteiger partial charge in [-0.2, -0.15) is 18.3 Å². The van der Waals surface area contributed by atoms with Crippen LogP contribution < -0.4 is 10.1 Å². The third-order valence-corrected chi connectivity index (χ3v) is 8.13. The summed E-state index contributed by atoms with van der Waals surface area (Å²) in [5, 5.41) is 17.6. The van der Waals surface area contributed by atoms with Crippen LogP contribution in [0.25, 0.3) is 0 Å². The summed E-state index contributed by atoms with van der Waals surface area (Å²) in [4.78, 5) is 27.0. The number of hydrogen-bond donors (Lipinski definition) is 2. The molecule has 2 aliphatic heterocycles. The van der Waals surface area contributed by atoms with Gasteiger partial charge in [-0.15, -0.1) is 13.2 Å². The molecular formula is C25H24F6N4O5. The molecule has 4 fully saturated rings. The lowest BCUT2D eigenvalue weighted by Gasteiger charge is -2.70. The number of nitrogens with zero attached hydrogens (tertiary/aromatic N) is 3. The molecule has 1 saturated heterocycles. The van der Waals surface area contributed by atoms with E-state index >= 15 is 0 Å². The van der Waals surface area contributed by atoms with Gasteiger partial charge in [-0.3, -0.25) is 19.0 Å². The molecule has 7 rings (SSSR count). The van der Waals surface area contributed by atoms with Crippen LogP contribution in [0.2, 0.25) is 0 Å². The SMILES string of the molecule is O=C(NC12CC(n3cc(C(=O)N4CC[C@H](OC(F)(F)F)C4)cn3)(C1)C2)[C@H]1C[C@@H](O)c2cc(C(F)(F)F)ccc2O1. The van der Waals surface area contributed by atoms with E-state index in [-0.39, 0.29) is 42.8 Å². The zero-order valence-corrected chi connectivity index (χ0v) is 20.8. The molecule has 0 unspecified atom stereocenters. The number of aromatic nitrogens is 2. The molecule has 3 heterocycles. The van der Waals surface area contributed by atoms with Crippen molar-refractivity contribution >= 4 is 11.8 Å². The summed E-state index contributed by atoms with van der Waals surface area (Å²) < 4.78 is 87.7. The molecule has 3 aliphatic carbocycles. The Balaban J connectivity index is 1.03. The van der Waals surface area contributed by atoms with Crippen LogP contribution in [-0.2, 0) is 21.2 Å². The van der Waals surface area contributed by atoms with Gasteiger partial charge in [0, 0.05) is 36.8 Å². The lowest BCUT2D eigenvalue weighted by molar-refractivity contribution is -0.340. The first kappa shape index (κ1) is 26.9. The van der Waals surface area contributed by atoms with Crippen molar-refractivity contribution in [2.75, 3.05) is 13.1 Å². The van der Waals surface area contributed by atoms with Crippen molar-refractivity contribution < 1.29 is 50.5 Å². The van der Waals surface area contributed by atoms with Gasteiger partial charge < -0.3 is 20.1 Å². The Hall–Kier alpha value is -3.33. The average molecular weight is 574 g/mol. The molecule has 2 bridgehead atoms. The average Bonchev–Trinajstić information content (AvgIpc) is 3.48. The molecule has 2 aromatic rings. The van der Waals surface area contributed by atoms with Crippen LogP contribution in [0.5, 0.6) is 5.75 Å². The van der Waals surface area contributed by atoms with Crippen molar-refractivity contribution in [1.29, 1.82) is 0 Å². The highest BCUT2D eigenvalue weighted by molar-refractivity contribution is 5.94. The summed E-state index contributed by atoms with van der Waals surface area (Å²) in [6.07, 6.45) is -8.47. The number of halogens is 6. The Morgan fingerprint density at radius 2 is 1.88 bits per heavy atom. The van der Waals surface area contributed by atoms with Gasteiger partial charge >= 0.3 is 12.5 Å². The molecule has 9 nitrogen and oxygen atoms in total. The number of likely N-dealkylation sites (tertiary alicyclic amines) is 1. The standard InChI is InChI=1S/C25H24F6N4O5/c26-24(27,28)14-1-2-18-16(5-14)17(36)6-19(39-18)20(37)33-22-10-23(11-22,12-22)35-8-13(7-32-35)21(38)34-4-3-15(9-34)40-25(29,30)31/h1-2,5,7-8,15,17,19,36H,3-4,6,9-12H2,(H,33,37)/t15-,17+,19+,22?,23?/m0/s1. The van der Waals surface area contributed by atoms with Gasteiger partial charge in [0.2, 0.25) is 0 Å². The second-order valence-electron chi connectivity index (χ2n) is 11.0. The van der Waals surface area contributed by atoms with Crippen LogP contribution in [0.4, 0.5) is 26.3 Å². The Labute approximate surface area is 223 Å². The fourth-order valence-corrected chi connectivity index (χ4v) is 6.31. The molecule has 2 N–H and O–H groups in total. The highest BCUT2D eigenvalue weighted by atomic mass is 19.4. The Bertz CT molecular complexity index is 1340. The fraction of sp³-hybridized carbons (Fsp3) is 0.560. The van der Waals surface area contributed by atoms with E-state index in [1.165, 1.54) is 11.1 Å². The largest absolute Gasteiger partial charge is 0.522 e. The number of carbonyl (C=O) groups excluding carboxylic acids is 2. The van der Waals surface area contributed by atoms with Gasteiger partial charge in [0.25, 0.3) is 11.8 Å². The molecule has 15 heteroatoms. The molecule has 3 atom stereocenters. The molecule has 5 aliphatic rings. The third-order valence-electron chi connectivity index (χ3n) is 8.13. The Morgan fingerprint density at radius 3 is 2.55 bits per heavy atom. The maximum atomic E-state index is 13.0. The second kappa shape index (κ2) is 8.83. The van der Waals surface area contributed by atoms with Crippen LogP contribution in [0.15, 0.2) is 30.6 Å².